The molecule has 3 rings (SSSR count). The molecule has 1 nitrogen and oxygen atoms in total. The molecule has 0 aromatic heterocycles. The van der Waals surface area contributed by atoms with E-state index in [0.717, 1.165) is 47.5 Å². The highest BCUT2D eigenvalue weighted by Crippen LogP contribution is 2.29. The van der Waals surface area contributed by atoms with Crippen molar-refractivity contribution in [3.05, 3.63) is 102 Å². The third-order valence-electron chi connectivity index (χ3n) is 4.63. The van der Waals surface area contributed by atoms with Gasteiger partial charge in [0.1, 0.15) is 11.5 Å². The molecule has 3 aromatic rings. The van der Waals surface area contributed by atoms with Gasteiger partial charge < -0.3 is 4.74 Å². The molecule has 0 bridgehead atoms. The van der Waals surface area contributed by atoms with Gasteiger partial charge in [-0.3, -0.25) is 0 Å². The maximum absolute atomic E-state index is 6.10. The second-order valence-electron chi connectivity index (χ2n) is 6.51. The third-order valence-corrected chi connectivity index (χ3v) is 4.63. The zero-order chi connectivity index (χ0) is 18.4. The quantitative estimate of drug-likeness (QED) is 0.447. The van der Waals surface area contributed by atoms with Gasteiger partial charge in [-0.25, -0.2) is 0 Å². The van der Waals surface area contributed by atoms with Crippen molar-refractivity contribution in [3.63, 3.8) is 0 Å². The molecule has 1 heteroatoms. The van der Waals surface area contributed by atoms with Crippen molar-refractivity contribution < 1.29 is 4.74 Å². The molecule has 0 spiro atoms. The Morgan fingerprint density at radius 2 is 1.42 bits per heavy atom. The van der Waals surface area contributed by atoms with Crippen molar-refractivity contribution in [2.24, 2.45) is 0 Å². The Kier molecular flexibility index (Phi) is 5.91. The first-order valence-corrected chi connectivity index (χ1v) is 9.35. The van der Waals surface area contributed by atoms with Crippen LogP contribution < -0.4 is 4.74 Å². The summed E-state index contributed by atoms with van der Waals surface area (Å²) in [6, 6.07) is 25.1. The molecule has 0 aliphatic rings. The number of ether oxygens (including phenoxy) is 1. The Hall–Kier alpha value is -2.80. The van der Waals surface area contributed by atoms with Crippen LogP contribution in [-0.2, 0) is 12.8 Å². The van der Waals surface area contributed by atoms with E-state index in [1.165, 1.54) is 11.1 Å². The van der Waals surface area contributed by atoms with Gasteiger partial charge >= 0.3 is 0 Å². The van der Waals surface area contributed by atoms with Crippen LogP contribution in [0.15, 0.2) is 79.4 Å². The Bertz CT molecular complexity index is 857. The first kappa shape index (κ1) is 18.0. The van der Waals surface area contributed by atoms with E-state index in [4.69, 9.17) is 4.74 Å². The maximum Gasteiger partial charge on any atom is 0.130 e. The van der Waals surface area contributed by atoms with Gasteiger partial charge in [0.25, 0.3) is 0 Å². The molecule has 0 aliphatic heterocycles. The zero-order valence-electron chi connectivity index (χ0n) is 15.7. The van der Waals surface area contributed by atoms with E-state index in [0.29, 0.717) is 0 Å². The summed E-state index contributed by atoms with van der Waals surface area (Å²) in [4.78, 5) is 0. The molecule has 26 heavy (non-hydrogen) atoms. The Morgan fingerprint density at radius 3 is 2.04 bits per heavy atom. The summed E-state index contributed by atoms with van der Waals surface area (Å²) in [5.74, 6) is 1.79. The van der Waals surface area contributed by atoms with E-state index < -0.39 is 0 Å². The van der Waals surface area contributed by atoms with Crippen molar-refractivity contribution in [1.82, 2.24) is 0 Å². The molecule has 3 aromatic carbocycles. The van der Waals surface area contributed by atoms with Crippen molar-refractivity contribution in [1.29, 1.82) is 0 Å². The fraction of sp³-hybridized carbons (Fsp3) is 0.200. The van der Waals surface area contributed by atoms with Crippen LogP contribution in [0.5, 0.6) is 11.5 Å². The lowest BCUT2D eigenvalue weighted by Crippen LogP contribution is -1.92. The average molecular weight is 342 g/mol. The Morgan fingerprint density at radius 1 is 0.808 bits per heavy atom. The van der Waals surface area contributed by atoms with Gasteiger partial charge in [0.15, 0.2) is 0 Å². The molecule has 0 N–H and O–H groups in total. The summed E-state index contributed by atoms with van der Waals surface area (Å²) in [6.45, 7) is 8.61. The Balaban J connectivity index is 1.75. The summed E-state index contributed by atoms with van der Waals surface area (Å²) in [5, 5.41) is 0. The summed E-state index contributed by atoms with van der Waals surface area (Å²) in [7, 11) is 0. The topological polar surface area (TPSA) is 9.23 Å². The van der Waals surface area contributed by atoms with Crippen LogP contribution in [0.3, 0.4) is 0 Å². The van der Waals surface area contributed by atoms with Crippen LogP contribution in [-0.4, -0.2) is 0 Å². The minimum absolute atomic E-state index is 0.853. The summed E-state index contributed by atoms with van der Waals surface area (Å²) in [5.41, 5.74) is 5.90. The van der Waals surface area contributed by atoms with Gasteiger partial charge in [-0.1, -0.05) is 81.4 Å². The molecule has 0 atom stereocenters. The van der Waals surface area contributed by atoms with Crippen molar-refractivity contribution in [3.8, 4) is 11.5 Å². The molecule has 0 saturated heterocycles. The second-order valence-corrected chi connectivity index (χ2v) is 6.51. The lowest BCUT2D eigenvalue weighted by atomic mass is 9.98. The van der Waals surface area contributed by atoms with E-state index in [-0.39, 0.29) is 0 Å². The molecule has 0 unspecified atom stereocenters. The van der Waals surface area contributed by atoms with Gasteiger partial charge in [-0.15, -0.1) is 0 Å². The van der Waals surface area contributed by atoms with Crippen molar-refractivity contribution in [2.45, 2.75) is 33.1 Å². The Labute approximate surface area is 157 Å². The van der Waals surface area contributed by atoms with E-state index in [1.54, 1.807) is 0 Å². The average Bonchev–Trinajstić information content (AvgIpc) is 2.70. The normalized spacial score (nSPS) is 10.5. The first-order valence-electron chi connectivity index (χ1n) is 9.35. The number of aryl methyl sites for hydroxylation is 2. The minimum Gasteiger partial charge on any atom is -0.457 e. The largest absolute Gasteiger partial charge is 0.457 e. The molecule has 0 amide bonds. The fourth-order valence-electron chi connectivity index (χ4n) is 3.04. The molecule has 0 radical (unpaired) electrons. The second kappa shape index (κ2) is 8.53. The lowest BCUT2D eigenvalue weighted by molar-refractivity contribution is 0.475. The smallest absolute Gasteiger partial charge is 0.130 e. The predicted octanol–water partition coefficient (Wildman–Crippen LogP) is 7.06. The van der Waals surface area contributed by atoms with E-state index in [2.05, 4.69) is 69.0 Å². The summed E-state index contributed by atoms with van der Waals surface area (Å²) >= 11 is 0. The van der Waals surface area contributed by atoms with Gasteiger partial charge in [0.05, 0.1) is 0 Å². The standard InChI is InChI=1S/C25H26O/c1-4-8-23-9-6-7-10-25(23)26-24-17-15-22(16-18-24)19(3)21-13-11-20(5-2)12-14-21/h6-7,9-18H,3-5,8H2,1-2H3. The highest BCUT2D eigenvalue weighted by atomic mass is 16.5. The summed E-state index contributed by atoms with van der Waals surface area (Å²) in [6.07, 6.45) is 3.19. The van der Waals surface area contributed by atoms with Crippen LogP contribution in [0.25, 0.3) is 5.57 Å². The SMILES string of the molecule is C=C(c1ccc(CC)cc1)c1ccc(Oc2ccccc2CCC)cc1. The number of para-hydroxylation sites is 1. The van der Waals surface area contributed by atoms with Gasteiger partial charge in [-0.05, 0) is 58.9 Å². The van der Waals surface area contributed by atoms with Crippen molar-refractivity contribution in [2.75, 3.05) is 0 Å². The molecular formula is C25H26O. The molecule has 0 saturated carbocycles. The first-order chi connectivity index (χ1) is 12.7. The number of benzene rings is 3. The number of rotatable bonds is 7. The van der Waals surface area contributed by atoms with Crippen LogP contribution in [0, 0.1) is 0 Å². The van der Waals surface area contributed by atoms with Gasteiger partial charge in [0, 0.05) is 0 Å². The van der Waals surface area contributed by atoms with E-state index in [1.807, 2.05) is 24.3 Å². The molecular weight excluding hydrogens is 316 g/mol. The van der Waals surface area contributed by atoms with Crippen LogP contribution in [0.1, 0.15) is 42.5 Å². The molecule has 0 fully saturated rings. The zero-order valence-corrected chi connectivity index (χ0v) is 15.7. The molecule has 0 heterocycles. The highest BCUT2D eigenvalue weighted by Gasteiger charge is 2.06. The number of hydrogen-bond donors (Lipinski definition) is 0. The van der Waals surface area contributed by atoms with Gasteiger partial charge in [0.2, 0.25) is 0 Å². The van der Waals surface area contributed by atoms with Crippen LogP contribution in [0.4, 0.5) is 0 Å². The van der Waals surface area contributed by atoms with E-state index in [9.17, 15) is 0 Å². The minimum atomic E-state index is 0.853. The van der Waals surface area contributed by atoms with Crippen LogP contribution >= 0.6 is 0 Å². The summed E-state index contributed by atoms with van der Waals surface area (Å²) < 4.78 is 6.10. The number of hydrogen-bond acceptors (Lipinski definition) is 1. The monoisotopic (exact) mass is 342 g/mol. The lowest BCUT2D eigenvalue weighted by Gasteiger charge is -2.12. The third kappa shape index (κ3) is 4.23. The van der Waals surface area contributed by atoms with Crippen molar-refractivity contribution >= 4 is 5.57 Å². The van der Waals surface area contributed by atoms with E-state index >= 15 is 0 Å². The molecule has 132 valence electrons. The maximum atomic E-state index is 6.10. The molecule has 0 aliphatic carbocycles. The fourth-order valence-corrected chi connectivity index (χ4v) is 3.04. The highest BCUT2D eigenvalue weighted by molar-refractivity contribution is 5.78. The predicted molar refractivity (Wildman–Crippen MR) is 111 cm³/mol. The van der Waals surface area contributed by atoms with Crippen LogP contribution in [0.2, 0.25) is 0 Å². The van der Waals surface area contributed by atoms with Gasteiger partial charge in [-0.2, -0.15) is 0 Å².